The van der Waals surface area contributed by atoms with Crippen LogP contribution >= 0.6 is 15.9 Å². The molecule has 3 amide bonds. The topological polar surface area (TPSA) is 108 Å². The lowest BCUT2D eigenvalue weighted by molar-refractivity contribution is -0.127. The molecule has 4 N–H and O–H groups in total. The number of benzene rings is 1. The minimum Gasteiger partial charge on any atom is -0.389 e. The number of halogens is 1. The number of ketones is 1. The predicted molar refractivity (Wildman–Crippen MR) is 94.6 cm³/mol. The first-order valence-electron chi connectivity index (χ1n) is 7.55. The number of urea groups is 1. The number of Topliss-reactive ketones (excluding diaryl/α,β-unsaturated/α-hetero) is 1. The summed E-state index contributed by atoms with van der Waals surface area (Å²) in [6.07, 6.45) is 0.424. The molecular weight excluding hydrogens is 378 g/mol. The highest BCUT2D eigenvalue weighted by Gasteiger charge is 2.22. The summed E-state index contributed by atoms with van der Waals surface area (Å²) in [7, 11) is 0. The Hall–Kier alpha value is -1.93. The third-order valence-corrected chi connectivity index (χ3v) is 3.60. The van der Waals surface area contributed by atoms with E-state index in [2.05, 4.69) is 31.9 Å². The first-order valence-corrected chi connectivity index (χ1v) is 8.34. The molecule has 7 nitrogen and oxygen atoms in total. The van der Waals surface area contributed by atoms with Gasteiger partial charge in [-0.15, -0.1) is 0 Å². The second-order valence-electron chi connectivity index (χ2n) is 5.70. The largest absolute Gasteiger partial charge is 0.389 e. The van der Waals surface area contributed by atoms with Crippen molar-refractivity contribution in [1.82, 2.24) is 10.6 Å². The Morgan fingerprint density at radius 1 is 1.17 bits per heavy atom. The first-order chi connectivity index (χ1) is 11.3. The molecule has 0 aliphatic heterocycles. The number of nitrogens with one attached hydrogen (secondary N) is 3. The van der Waals surface area contributed by atoms with Gasteiger partial charge < -0.3 is 21.1 Å². The molecular formula is C16H22BrN3O4. The van der Waals surface area contributed by atoms with Crippen LogP contribution in [0.25, 0.3) is 0 Å². The van der Waals surface area contributed by atoms with Gasteiger partial charge in [-0.25, -0.2) is 4.79 Å². The summed E-state index contributed by atoms with van der Waals surface area (Å²) in [5.41, 5.74) is 0.592. The lowest BCUT2D eigenvalue weighted by Crippen LogP contribution is -2.49. The van der Waals surface area contributed by atoms with Crippen LogP contribution in [0.4, 0.5) is 10.5 Å². The van der Waals surface area contributed by atoms with Crippen LogP contribution in [-0.4, -0.2) is 42.0 Å². The molecule has 1 aromatic carbocycles. The number of anilines is 1. The van der Waals surface area contributed by atoms with Gasteiger partial charge in [0, 0.05) is 10.2 Å². The highest BCUT2D eigenvalue weighted by Crippen LogP contribution is 2.14. The Bertz CT molecular complexity index is 575. The molecule has 1 rings (SSSR count). The Morgan fingerprint density at radius 2 is 1.79 bits per heavy atom. The lowest BCUT2D eigenvalue weighted by Gasteiger charge is -2.20. The minimum atomic E-state index is -0.771. The Morgan fingerprint density at radius 3 is 2.33 bits per heavy atom. The van der Waals surface area contributed by atoms with Gasteiger partial charge in [0.2, 0.25) is 5.91 Å². The molecule has 0 aliphatic carbocycles. The minimum absolute atomic E-state index is 0.169. The SMILES string of the molecule is CC(C)C[C@H](NC(=O)Nc1ccc(Br)cc1)C(=O)NCC(=O)CO. The van der Waals surface area contributed by atoms with Gasteiger partial charge in [-0.3, -0.25) is 9.59 Å². The fourth-order valence-corrected chi connectivity index (χ4v) is 2.19. The van der Waals surface area contributed by atoms with Crippen molar-refractivity contribution in [2.45, 2.75) is 26.3 Å². The van der Waals surface area contributed by atoms with Crippen molar-refractivity contribution in [3.63, 3.8) is 0 Å². The van der Waals surface area contributed by atoms with E-state index in [1.165, 1.54) is 0 Å². The monoisotopic (exact) mass is 399 g/mol. The second kappa shape index (κ2) is 10.0. The van der Waals surface area contributed by atoms with Gasteiger partial charge >= 0.3 is 6.03 Å². The predicted octanol–water partition coefficient (Wildman–Crippen LogP) is 1.66. The van der Waals surface area contributed by atoms with Crippen LogP contribution in [-0.2, 0) is 9.59 Å². The summed E-state index contributed by atoms with van der Waals surface area (Å²) < 4.78 is 0.888. The quantitative estimate of drug-likeness (QED) is 0.532. The van der Waals surface area contributed by atoms with Gasteiger partial charge in [-0.1, -0.05) is 29.8 Å². The van der Waals surface area contributed by atoms with Crippen molar-refractivity contribution in [2.24, 2.45) is 5.92 Å². The zero-order valence-corrected chi connectivity index (χ0v) is 15.2. The van der Waals surface area contributed by atoms with Gasteiger partial charge in [0.05, 0.1) is 6.54 Å². The zero-order valence-electron chi connectivity index (χ0n) is 13.6. The van der Waals surface area contributed by atoms with Crippen LogP contribution < -0.4 is 16.0 Å². The number of aliphatic hydroxyl groups excluding tert-OH is 1. The number of rotatable bonds is 8. The molecule has 8 heteroatoms. The van der Waals surface area contributed by atoms with E-state index in [0.29, 0.717) is 12.1 Å². The molecule has 0 unspecified atom stereocenters. The van der Waals surface area contributed by atoms with E-state index in [9.17, 15) is 14.4 Å². The fraction of sp³-hybridized carbons (Fsp3) is 0.438. The fourth-order valence-electron chi connectivity index (χ4n) is 1.93. The molecule has 0 heterocycles. The van der Waals surface area contributed by atoms with E-state index in [4.69, 9.17) is 5.11 Å². The van der Waals surface area contributed by atoms with Gasteiger partial charge in [0.1, 0.15) is 12.6 Å². The molecule has 1 atom stereocenters. The summed E-state index contributed by atoms with van der Waals surface area (Å²) in [5, 5.41) is 16.3. The summed E-state index contributed by atoms with van der Waals surface area (Å²) in [6, 6.07) is 5.74. The van der Waals surface area contributed by atoms with Crippen molar-refractivity contribution in [2.75, 3.05) is 18.5 Å². The number of carbonyl (C=O) groups is 3. The Balaban J connectivity index is 2.63. The first kappa shape index (κ1) is 20.1. The van der Waals surface area contributed by atoms with Gasteiger partial charge in [0.15, 0.2) is 5.78 Å². The normalized spacial score (nSPS) is 11.7. The molecule has 0 fully saturated rings. The Kier molecular flexibility index (Phi) is 8.42. The molecule has 0 spiro atoms. The zero-order chi connectivity index (χ0) is 18.1. The van der Waals surface area contributed by atoms with Gasteiger partial charge in [0.25, 0.3) is 0 Å². The average Bonchev–Trinajstić information content (AvgIpc) is 2.53. The summed E-state index contributed by atoms with van der Waals surface area (Å²) >= 11 is 3.31. The van der Waals surface area contributed by atoms with Crippen molar-refractivity contribution in [1.29, 1.82) is 0 Å². The van der Waals surface area contributed by atoms with E-state index in [-0.39, 0.29) is 12.5 Å². The standard InChI is InChI=1S/C16H22BrN3O4/c1-10(2)7-14(15(23)18-8-13(22)9-21)20-16(24)19-12-5-3-11(17)4-6-12/h3-6,10,14,21H,7-9H2,1-2H3,(H,18,23)(H2,19,20,24)/t14-/m0/s1. The summed E-state index contributed by atoms with van der Waals surface area (Å²) in [5.74, 6) is -0.787. The van der Waals surface area contributed by atoms with Crippen molar-refractivity contribution < 1.29 is 19.5 Å². The molecule has 132 valence electrons. The molecule has 1 aromatic rings. The van der Waals surface area contributed by atoms with Gasteiger partial charge in [-0.2, -0.15) is 0 Å². The number of amides is 3. The van der Waals surface area contributed by atoms with Crippen LogP contribution in [0.15, 0.2) is 28.7 Å². The van der Waals surface area contributed by atoms with Crippen molar-refractivity contribution in [3.05, 3.63) is 28.7 Å². The van der Waals surface area contributed by atoms with Crippen LogP contribution in [0.3, 0.4) is 0 Å². The van der Waals surface area contributed by atoms with E-state index >= 15 is 0 Å². The highest BCUT2D eigenvalue weighted by atomic mass is 79.9. The van der Waals surface area contributed by atoms with Crippen molar-refractivity contribution in [3.8, 4) is 0 Å². The van der Waals surface area contributed by atoms with Crippen LogP contribution in [0.1, 0.15) is 20.3 Å². The molecule has 0 aromatic heterocycles. The Labute approximate surface area is 149 Å². The smallest absolute Gasteiger partial charge is 0.319 e. The van der Waals surface area contributed by atoms with E-state index in [0.717, 1.165) is 4.47 Å². The highest BCUT2D eigenvalue weighted by molar-refractivity contribution is 9.10. The molecule has 24 heavy (non-hydrogen) atoms. The summed E-state index contributed by atoms with van der Waals surface area (Å²) in [6.45, 7) is 2.95. The number of hydrogen-bond donors (Lipinski definition) is 4. The number of aliphatic hydroxyl groups is 1. The van der Waals surface area contributed by atoms with E-state index in [1.54, 1.807) is 24.3 Å². The molecule has 0 saturated heterocycles. The number of carbonyl (C=O) groups excluding carboxylic acids is 3. The molecule has 0 aliphatic rings. The maximum absolute atomic E-state index is 12.1. The summed E-state index contributed by atoms with van der Waals surface area (Å²) in [4.78, 5) is 35.3. The maximum Gasteiger partial charge on any atom is 0.319 e. The average molecular weight is 400 g/mol. The maximum atomic E-state index is 12.1. The molecule has 0 radical (unpaired) electrons. The van der Waals surface area contributed by atoms with Crippen LogP contribution in [0.5, 0.6) is 0 Å². The molecule has 0 saturated carbocycles. The van der Waals surface area contributed by atoms with E-state index < -0.39 is 30.4 Å². The van der Waals surface area contributed by atoms with Crippen molar-refractivity contribution >= 4 is 39.3 Å². The van der Waals surface area contributed by atoms with Crippen LogP contribution in [0, 0.1) is 5.92 Å². The second-order valence-corrected chi connectivity index (χ2v) is 6.62. The third kappa shape index (κ3) is 7.56. The number of hydrogen-bond acceptors (Lipinski definition) is 4. The van der Waals surface area contributed by atoms with Crippen LogP contribution in [0.2, 0.25) is 0 Å². The van der Waals surface area contributed by atoms with E-state index in [1.807, 2.05) is 13.8 Å². The van der Waals surface area contributed by atoms with Gasteiger partial charge in [-0.05, 0) is 36.6 Å². The molecule has 0 bridgehead atoms. The third-order valence-electron chi connectivity index (χ3n) is 3.07. The lowest BCUT2D eigenvalue weighted by atomic mass is 10.0.